The summed E-state index contributed by atoms with van der Waals surface area (Å²) in [6.07, 6.45) is -4.11. The van der Waals surface area contributed by atoms with Crippen LogP contribution in [0.25, 0.3) is 11.1 Å². The lowest BCUT2D eigenvalue weighted by Crippen LogP contribution is -2.31. The van der Waals surface area contributed by atoms with Gasteiger partial charge in [0.15, 0.2) is 5.82 Å². The van der Waals surface area contributed by atoms with Crippen molar-refractivity contribution < 1.29 is 27.3 Å². The summed E-state index contributed by atoms with van der Waals surface area (Å²) in [5.74, 6) is 0.396. The highest BCUT2D eigenvalue weighted by molar-refractivity contribution is 6.00. The van der Waals surface area contributed by atoms with E-state index >= 15 is 0 Å². The fraction of sp³-hybridized carbons (Fsp3) is 0.273. The molecule has 7 nitrogen and oxygen atoms in total. The zero-order chi connectivity index (χ0) is 22.9. The molecule has 0 radical (unpaired) electrons. The first kappa shape index (κ1) is 21.5. The Morgan fingerprint density at radius 3 is 2.53 bits per heavy atom. The maximum absolute atomic E-state index is 13.3. The standard InChI is InChI=1S/C22H19F3N4O3/c1-13-26-20(32-27-13)19-11-16(28-31-2)12-29(19)21(30)15-9-7-14(8-10-15)17-5-3-4-6-18(17)22(23,24)25/h3-10,19H,11-12H2,1-2H3/b28-16+. The van der Waals surface area contributed by atoms with E-state index in [2.05, 4.69) is 15.3 Å². The van der Waals surface area contributed by atoms with Gasteiger partial charge in [-0.1, -0.05) is 40.6 Å². The second-order valence-electron chi connectivity index (χ2n) is 7.29. The number of benzene rings is 2. The lowest BCUT2D eigenvalue weighted by atomic mass is 9.98. The number of oxime groups is 1. The highest BCUT2D eigenvalue weighted by Crippen LogP contribution is 2.37. The average molecular weight is 444 g/mol. The summed E-state index contributed by atoms with van der Waals surface area (Å²) in [6, 6.07) is 10.8. The van der Waals surface area contributed by atoms with Gasteiger partial charge >= 0.3 is 6.18 Å². The maximum atomic E-state index is 13.3. The minimum atomic E-state index is -4.48. The molecule has 1 fully saturated rings. The number of carbonyl (C=O) groups excluding carboxylic acids is 1. The number of aromatic nitrogens is 2. The number of amides is 1. The van der Waals surface area contributed by atoms with Crippen molar-refractivity contribution in [2.24, 2.45) is 5.16 Å². The number of halogens is 3. The zero-order valence-electron chi connectivity index (χ0n) is 17.3. The van der Waals surface area contributed by atoms with Gasteiger partial charge in [0.25, 0.3) is 5.91 Å². The van der Waals surface area contributed by atoms with Crippen molar-refractivity contribution in [1.82, 2.24) is 15.0 Å². The summed E-state index contributed by atoms with van der Waals surface area (Å²) in [4.78, 5) is 23.8. The number of alkyl halides is 3. The predicted octanol–water partition coefficient (Wildman–Crippen LogP) is 4.65. The number of hydrogen-bond donors (Lipinski definition) is 0. The Morgan fingerprint density at radius 1 is 1.19 bits per heavy atom. The Hall–Kier alpha value is -3.69. The summed E-state index contributed by atoms with van der Waals surface area (Å²) in [7, 11) is 1.42. The van der Waals surface area contributed by atoms with Crippen LogP contribution in [-0.4, -0.2) is 40.3 Å². The fourth-order valence-electron chi connectivity index (χ4n) is 3.72. The zero-order valence-corrected chi connectivity index (χ0v) is 17.3. The normalized spacial score (nSPS) is 17.7. The van der Waals surface area contributed by atoms with Crippen molar-refractivity contribution >= 4 is 11.6 Å². The second-order valence-corrected chi connectivity index (χ2v) is 7.29. The van der Waals surface area contributed by atoms with Gasteiger partial charge in [-0.15, -0.1) is 0 Å². The molecule has 2 aromatic carbocycles. The van der Waals surface area contributed by atoms with Crippen LogP contribution < -0.4 is 0 Å². The number of rotatable bonds is 4. The van der Waals surface area contributed by atoms with Gasteiger partial charge in [0.2, 0.25) is 5.89 Å². The maximum Gasteiger partial charge on any atom is 0.417 e. The molecule has 4 rings (SSSR count). The van der Waals surface area contributed by atoms with Crippen molar-refractivity contribution in [3.8, 4) is 11.1 Å². The molecular weight excluding hydrogens is 425 g/mol. The van der Waals surface area contributed by atoms with E-state index in [1.807, 2.05) is 0 Å². The minimum absolute atomic E-state index is 0.0499. The molecule has 3 aromatic rings. The van der Waals surface area contributed by atoms with Crippen LogP contribution in [0.1, 0.15) is 40.1 Å². The van der Waals surface area contributed by atoms with Gasteiger partial charge in [0.05, 0.1) is 17.8 Å². The number of aryl methyl sites for hydroxylation is 1. The van der Waals surface area contributed by atoms with Gasteiger partial charge in [-0.3, -0.25) is 4.79 Å². The van der Waals surface area contributed by atoms with E-state index in [9.17, 15) is 18.0 Å². The molecule has 1 unspecified atom stereocenters. The molecule has 1 aliphatic rings. The van der Waals surface area contributed by atoms with Crippen LogP contribution >= 0.6 is 0 Å². The Labute approximate surface area is 181 Å². The molecule has 1 saturated heterocycles. The Morgan fingerprint density at radius 2 is 1.91 bits per heavy atom. The molecule has 2 heterocycles. The highest BCUT2D eigenvalue weighted by Gasteiger charge is 2.38. The molecule has 32 heavy (non-hydrogen) atoms. The van der Waals surface area contributed by atoms with E-state index in [1.54, 1.807) is 13.0 Å². The van der Waals surface area contributed by atoms with Gasteiger partial charge in [-0.25, -0.2) is 0 Å². The highest BCUT2D eigenvalue weighted by atomic mass is 19.4. The van der Waals surface area contributed by atoms with Crippen LogP contribution in [0.15, 0.2) is 58.2 Å². The molecule has 0 bridgehead atoms. The topological polar surface area (TPSA) is 80.8 Å². The molecule has 10 heteroatoms. The number of nitrogens with zero attached hydrogens (tertiary/aromatic N) is 4. The summed E-state index contributed by atoms with van der Waals surface area (Å²) < 4.78 is 45.3. The van der Waals surface area contributed by atoms with Crippen molar-refractivity contribution in [2.75, 3.05) is 13.7 Å². The second kappa shape index (κ2) is 8.45. The first-order valence-electron chi connectivity index (χ1n) is 9.74. The molecule has 0 saturated carbocycles. The lowest BCUT2D eigenvalue weighted by Gasteiger charge is -2.21. The predicted molar refractivity (Wildman–Crippen MR) is 109 cm³/mol. The monoisotopic (exact) mass is 444 g/mol. The average Bonchev–Trinajstić information content (AvgIpc) is 3.39. The third-order valence-electron chi connectivity index (χ3n) is 5.14. The first-order chi connectivity index (χ1) is 15.3. The van der Waals surface area contributed by atoms with Crippen LogP contribution in [0.5, 0.6) is 0 Å². The Balaban J connectivity index is 1.63. The summed E-state index contributed by atoms with van der Waals surface area (Å²) in [5, 5.41) is 7.73. The molecule has 1 aromatic heterocycles. The number of carbonyl (C=O) groups is 1. The fourth-order valence-corrected chi connectivity index (χ4v) is 3.72. The minimum Gasteiger partial charge on any atom is -0.399 e. The van der Waals surface area contributed by atoms with E-state index in [1.165, 1.54) is 48.4 Å². The largest absolute Gasteiger partial charge is 0.417 e. The molecule has 1 aliphatic heterocycles. The van der Waals surface area contributed by atoms with E-state index in [4.69, 9.17) is 9.36 Å². The van der Waals surface area contributed by atoms with Gasteiger partial charge in [-0.05, 0) is 36.2 Å². The van der Waals surface area contributed by atoms with E-state index < -0.39 is 17.8 Å². The number of likely N-dealkylation sites (tertiary alicyclic amines) is 1. The van der Waals surface area contributed by atoms with Gasteiger partial charge < -0.3 is 14.3 Å². The van der Waals surface area contributed by atoms with Crippen molar-refractivity contribution in [3.05, 3.63) is 71.4 Å². The van der Waals surface area contributed by atoms with E-state index in [-0.39, 0.29) is 23.9 Å². The van der Waals surface area contributed by atoms with Crippen LogP contribution in [0.3, 0.4) is 0 Å². The molecular formula is C22H19F3N4O3. The summed E-state index contributed by atoms with van der Waals surface area (Å²) in [6.45, 7) is 1.88. The van der Waals surface area contributed by atoms with Crippen LogP contribution in [0.4, 0.5) is 13.2 Å². The molecule has 0 aliphatic carbocycles. The van der Waals surface area contributed by atoms with Crippen molar-refractivity contribution in [3.63, 3.8) is 0 Å². The molecule has 0 spiro atoms. The molecule has 1 atom stereocenters. The van der Waals surface area contributed by atoms with Crippen LogP contribution in [-0.2, 0) is 11.0 Å². The van der Waals surface area contributed by atoms with Crippen molar-refractivity contribution in [1.29, 1.82) is 0 Å². The SMILES string of the molecule is CO/N=C1\CC(c2nc(C)no2)N(C(=O)c2ccc(-c3ccccc3C(F)(F)F)cc2)C1. The summed E-state index contributed by atoms with van der Waals surface area (Å²) in [5.41, 5.74) is 0.636. The van der Waals surface area contributed by atoms with Crippen LogP contribution in [0.2, 0.25) is 0 Å². The van der Waals surface area contributed by atoms with Crippen molar-refractivity contribution in [2.45, 2.75) is 25.6 Å². The molecule has 1 amide bonds. The number of hydrogen-bond acceptors (Lipinski definition) is 6. The lowest BCUT2D eigenvalue weighted by molar-refractivity contribution is -0.137. The Kier molecular flexibility index (Phi) is 5.68. The third kappa shape index (κ3) is 4.20. The third-order valence-corrected chi connectivity index (χ3v) is 5.14. The smallest absolute Gasteiger partial charge is 0.399 e. The van der Waals surface area contributed by atoms with Gasteiger partial charge in [-0.2, -0.15) is 18.2 Å². The molecule has 166 valence electrons. The Bertz CT molecular complexity index is 1160. The van der Waals surface area contributed by atoms with Crippen LogP contribution in [0, 0.1) is 6.92 Å². The van der Waals surface area contributed by atoms with Gasteiger partial charge in [0, 0.05) is 12.0 Å². The van der Waals surface area contributed by atoms with Gasteiger partial charge in [0.1, 0.15) is 13.2 Å². The van der Waals surface area contributed by atoms with E-state index in [0.29, 0.717) is 29.1 Å². The quantitative estimate of drug-likeness (QED) is 0.547. The molecule has 0 N–H and O–H groups in total. The first-order valence-corrected chi connectivity index (χ1v) is 9.74. The summed E-state index contributed by atoms with van der Waals surface area (Å²) >= 11 is 0. The van der Waals surface area contributed by atoms with E-state index in [0.717, 1.165) is 6.07 Å².